The fraction of sp³-hybridized carbons (Fsp3) is 0. The van der Waals surface area contributed by atoms with Gasteiger partial charge in [-0.25, -0.2) is 9.37 Å². The number of phenolic OH excluding ortho intramolecular Hbond substituents is 1. The van der Waals surface area contributed by atoms with Gasteiger partial charge in [0, 0.05) is 11.8 Å². The van der Waals surface area contributed by atoms with Crippen LogP contribution in [0.25, 0.3) is 11.4 Å². The first-order valence-electron chi connectivity index (χ1n) is 4.31. The molecule has 2 N–H and O–H groups in total. The van der Waals surface area contributed by atoms with E-state index in [9.17, 15) is 9.18 Å². The van der Waals surface area contributed by atoms with Crippen LogP contribution in [0.2, 0.25) is 0 Å². The largest absolute Gasteiger partial charge is 0.505 e. The number of hydrogen-bond acceptors (Lipinski definition) is 3. The van der Waals surface area contributed by atoms with E-state index in [4.69, 9.17) is 5.11 Å². The maximum Gasteiger partial charge on any atom is 0.264 e. The molecule has 0 saturated heterocycles. The van der Waals surface area contributed by atoms with E-state index in [0.717, 1.165) is 6.07 Å². The van der Waals surface area contributed by atoms with Crippen molar-refractivity contribution in [3.8, 4) is 17.1 Å². The van der Waals surface area contributed by atoms with E-state index in [0.29, 0.717) is 9.13 Å². The molecule has 0 bridgehead atoms. The second kappa shape index (κ2) is 4.20. The van der Waals surface area contributed by atoms with Gasteiger partial charge >= 0.3 is 0 Å². The van der Waals surface area contributed by atoms with Crippen molar-refractivity contribution in [1.82, 2.24) is 9.97 Å². The number of H-pyrrole nitrogens is 1. The minimum atomic E-state index is -0.751. The van der Waals surface area contributed by atoms with Crippen molar-refractivity contribution in [1.29, 1.82) is 0 Å². The SMILES string of the molecule is O=c1[nH]c(-c2ccc(O)c(F)c2)ncc1I. The number of nitrogens with zero attached hydrogens (tertiary/aromatic N) is 1. The summed E-state index contributed by atoms with van der Waals surface area (Å²) in [5.74, 6) is -0.917. The number of aromatic nitrogens is 2. The van der Waals surface area contributed by atoms with Gasteiger partial charge in [0.25, 0.3) is 5.56 Å². The lowest BCUT2D eigenvalue weighted by molar-refractivity contribution is 0.432. The summed E-state index contributed by atoms with van der Waals surface area (Å²) in [5, 5.41) is 9.02. The van der Waals surface area contributed by atoms with E-state index in [-0.39, 0.29) is 11.4 Å². The Morgan fingerprint density at radius 1 is 1.44 bits per heavy atom. The molecule has 4 nitrogen and oxygen atoms in total. The number of rotatable bonds is 1. The Balaban J connectivity index is 2.55. The molecule has 0 fully saturated rings. The van der Waals surface area contributed by atoms with Crippen LogP contribution in [0.4, 0.5) is 4.39 Å². The number of aromatic amines is 1. The highest BCUT2D eigenvalue weighted by Crippen LogP contribution is 2.21. The number of halogens is 2. The molecule has 2 rings (SSSR count). The number of nitrogens with one attached hydrogen (secondary N) is 1. The second-order valence-corrected chi connectivity index (χ2v) is 4.24. The molecule has 1 aromatic carbocycles. The Labute approximate surface area is 103 Å². The van der Waals surface area contributed by atoms with Crippen LogP contribution >= 0.6 is 22.6 Å². The van der Waals surface area contributed by atoms with Gasteiger partial charge in [-0.3, -0.25) is 4.79 Å². The summed E-state index contributed by atoms with van der Waals surface area (Å²) in [6.45, 7) is 0. The topological polar surface area (TPSA) is 66.0 Å². The molecule has 6 heteroatoms. The molecule has 0 aliphatic rings. The molecule has 1 heterocycles. The van der Waals surface area contributed by atoms with Crippen LogP contribution in [0.15, 0.2) is 29.2 Å². The van der Waals surface area contributed by atoms with Gasteiger partial charge in [0.15, 0.2) is 11.6 Å². The van der Waals surface area contributed by atoms with Crippen molar-refractivity contribution in [2.45, 2.75) is 0 Å². The van der Waals surface area contributed by atoms with Crippen molar-refractivity contribution in [2.75, 3.05) is 0 Å². The van der Waals surface area contributed by atoms with Crippen molar-refractivity contribution in [3.63, 3.8) is 0 Å². The van der Waals surface area contributed by atoms with Crippen molar-refractivity contribution >= 4 is 22.6 Å². The maximum atomic E-state index is 13.1. The normalized spacial score (nSPS) is 10.4. The lowest BCUT2D eigenvalue weighted by Gasteiger charge is -2.01. The summed E-state index contributed by atoms with van der Waals surface area (Å²) in [6.07, 6.45) is 1.40. The van der Waals surface area contributed by atoms with Crippen molar-refractivity contribution in [2.24, 2.45) is 0 Å². The lowest BCUT2D eigenvalue weighted by Crippen LogP contribution is -2.11. The maximum absolute atomic E-state index is 13.1. The zero-order chi connectivity index (χ0) is 11.7. The van der Waals surface area contributed by atoms with Gasteiger partial charge < -0.3 is 10.1 Å². The molecule has 1 aromatic heterocycles. The van der Waals surface area contributed by atoms with Gasteiger partial charge in [-0.05, 0) is 40.8 Å². The zero-order valence-corrected chi connectivity index (χ0v) is 10.0. The van der Waals surface area contributed by atoms with E-state index >= 15 is 0 Å². The smallest absolute Gasteiger partial charge is 0.264 e. The number of benzene rings is 1. The summed E-state index contributed by atoms with van der Waals surface area (Å²) >= 11 is 1.85. The Kier molecular flexibility index (Phi) is 2.90. The Bertz CT molecular complexity index is 598. The summed E-state index contributed by atoms with van der Waals surface area (Å²) in [6, 6.07) is 3.80. The van der Waals surface area contributed by atoms with E-state index in [1.165, 1.54) is 18.3 Å². The molecule has 0 saturated carbocycles. The highest BCUT2D eigenvalue weighted by atomic mass is 127. The molecule has 16 heavy (non-hydrogen) atoms. The fourth-order valence-corrected chi connectivity index (χ4v) is 1.45. The molecule has 82 valence electrons. The van der Waals surface area contributed by atoms with Crippen molar-refractivity contribution in [3.05, 3.63) is 44.1 Å². The van der Waals surface area contributed by atoms with E-state index in [2.05, 4.69) is 9.97 Å². The standard InChI is InChI=1S/C10H6FIN2O2/c11-6-3-5(1-2-8(6)15)9-13-4-7(12)10(16)14-9/h1-4,15H,(H,13,14,16). The minimum Gasteiger partial charge on any atom is -0.505 e. The molecule has 0 radical (unpaired) electrons. The molecule has 0 amide bonds. The van der Waals surface area contributed by atoms with E-state index in [1.807, 2.05) is 22.6 Å². The highest BCUT2D eigenvalue weighted by molar-refractivity contribution is 14.1. The zero-order valence-electron chi connectivity index (χ0n) is 7.87. The average Bonchev–Trinajstić information content (AvgIpc) is 2.26. The monoisotopic (exact) mass is 332 g/mol. The fourth-order valence-electron chi connectivity index (χ4n) is 1.18. The summed E-state index contributed by atoms with van der Waals surface area (Å²) in [7, 11) is 0. The van der Waals surface area contributed by atoms with Crippen LogP contribution in [-0.2, 0) is 0 Å². The molecule has 0 unspecified atom stereocenters. The number of aromatic hydroxyl groups is 1. The molecular formula is C10H6FIN2O2. The van der Waals surface area contributed by atoms with Gasteiger partial charge in [0.2, 0.25) is 0 Å². The van der Waals surface area contributed by atoms with Gasteiger partial charge in [-0.15, -0.1) is 0 Å². The molecular weight excluding hydrogens is 326 g/mol. The minimum absolute atomic E-state index is 0.268. The third-order valence-electron chi connectivity index (χ3n) is 1.98. The van der Waals surface area contributed by atoms with E-state index in [1.54, 1.807) is 0 Å². The predicted molar refractivity (Wildman–Crippen MR) is 64.6 cm³/mol. The number of hydrogen-bond donors (Lipinski definition) is 2. The van der Waals surface area contributed by atoms with Crippen LogP contribution < -0.4 is 5.56 Å². The Morgan fingerprint density at radius 3 is 2.81 bits per heavy atom. The third kappa shape index (κ3) is 2.06. The third-order valence-corrected chi connectivity index (χ3v) is 2.75. The molecule has 0 spiro atoms. The molecule has 2 aromatic rings. The van der Waals surface area contributed by atoms with Gasteiger partial charge in [-0.2, -0.15) is 0 Å². The Hall–Kier alpha value is -1.44. The second-order valence-electron chi connectivity index (χ2n) is 3.08. The first kappa shape index (κ1) is 11.1. The quantitative estimate of drug-likeness (QED) is 0.784. The first-order valence-corrected chi connectivity index (χ1v) is 5.39. The van der Waals surface area contributed by atoms with Crippen LogP contribution in [0.3, 0.4) is 0 Å². The molecule has 0 aliphatic heterocycles. The predicted octanol–water partition coefficient (Wildman–Crippen LogP) is 1.89. The van der Waals surface area contributed by atoms with E-state index < -0.39 is 11.6 Å². The summed E-state index contributed by atoms with van der Waals surface area (Å²) in [4.78, 5) is 17.8. The van der Waals surface area contributed by atoms with Gasteiger partial charge in [-0.1, -0.05) is 0 Å². The molecule has 0 atom stereocenters. The van der Waals surface area contributed by atoms with Crippen LogP contribution in [-0.4, -0.2) is 15.1 Å². The summed E-state index contributed by atoms with van der Waals surface area (Å²) in [5.41, 5.74) is 0.128. The first-order chi connectivity index (χ1) is 7.58. The van der Waals surface area contributed by atoms with Crippen LogP contribution in [0.5, 0.6) is 5.75 Å². The Morgan fingerprint density at radius 2 is 2.19 bits per heavy atom. The number of phenols is 1. The van der Waals surface area contributed by atoms with Crippen LogP contribution in [0.1, 0.15) is 0 Å². The lowest BCUT2D eigenvalue weighted by atomic mass is 10.2. The molecule has 0 aliphatic carbocycles. The summed E-state index contributed by atoms with van der Waals surface area (Å²) < 4.78 is 13.5. The highest BCUT2D eigenvalue weighted by Gasteiger charge is 2.06. The van der Waals surface area contributed by atoms with Crippen LogP contribution in [0, 0.1) is 9.39 Å². The van der Waals surface area contributed by atoms with Gasteiger partial charge in [0.05, 0.1) is 3.57 Å². The van der Waals surface area contributed by atoms with Gasteiger partial charge in [0.1, 0.15) is 5.82 Å². The van der Waals surface area contributed by atoms with Crippen molar-refractivity contribution < 1.29 is 9.50 Å². The average molecular weight is 332 g/mol.